The molecule has 0 aliphatic carbocycles. The fourth-order valence-electron chi connectivity index (χ4n) is 3.68. The highest BCUT2D eigenvalue weighted by Crippen LogP contribution is 2.37. The van der Waals surface area contributed by atoms with Crippen molar-refractivity contribution in [3.63, 3.8) is 0 Å². The van der Waals surface area contributed by atoms with E-state index in [4.69, 9.17) is 9.47 Å². The van der Waals surface area contributed by atoms with Crippen molar-refractivity contribution in [2.24, 2.45) is 0 Å². The fraction of sp³-hybridized carbons (Fsp3) is 0.579. The fourth-order valence-corrected chi connectivity index (χ4v) is 6.03. The number of amides is 2. The average Bonchev–Trinajstić information content (AvgIpc) is 3.28. The minimum Gasteiger partial charge on any atom is -0.379 e. The first-order valence-electron chi connectivity index (χ1n) is 9.98. The standard InChI is InChI=1S/C19H25N3O6S2/c23-18(20-11-14-2-1-7-28-14)12-22-16-10-15(3-4-17(16)29-13-19(22)24)30(25,26)21-5-8-27-9-6-21/h3-4,10,14H,1-2,5-9,11-13H2,(H,20,23). The number of hydrogen-bond acceptors (Lipinski definition) is 7. The van der Waals surface area contributed by atoms with Crippen LogP contribution in [0.5, 0.6) is 0 Å². The Morgan fingerprint density at radius 2 is 2.03 bits per heavy atom. The lowest BCUT2D eigenvalue weighted by molar-refractivity contribution is -0.123. The minimum absolute atomic E-state index is 0.0131. The number of fused-ring (bicyclic) bond motifs is 1. The first kappa shape index (κ1) is 21.6. The normalized spacial score (nSPS) is 22.7. The van der Waals surface area contributed by atoms with Crippen LogP contribution in [-0.2, 0) is 29.1 Å². The van der Waals surface area contributed by atoms with Crippen LogP contribution in [-0.4, -0.2) is 82.4 Å². The Morgan fingerprint density at radius 3 is 2.77 bits per heavy atom. The predicted octanol–water partition coefficient (Wildman–Crippen LogP) is 0.441. The third kappa shape index (κ3) is 4.65. The van der Waals surface area contributed by atoms with Gasteiger partial charge < -0.3 is 19.7 Å². The Hall–Kier alpha value is -1.66. The van der Waals surface area contributed by atoms with Gasteiger partial charge in [-0.2, -0.15) is 4.31 Å². The van der Waals surface area contributed by atoms with Gasteiger partial charge in [-0.15, -0.1) is 11.8 Å². The zero-order chi connectivity index (χ0) is 21.1. The molecule has 2 amide bonds. The Kier molecular flexibility index (Phi) is 6.63. The van der Waals surface area contributed by atoms with Gasteiger partial charge in [-0.3, -0.25) is 9.59 Å². The summed E-state index contributed by atoms with van der Waals surface area (Å²) in [5, 5.41) is 2.81. The van der Waals surface area contributed by atoms with Gasteiger partial charge in [-0.25, -0.2) is 8.42 Å². The SMILES string of the molecule is O=C(CN1C(=O)CSc2ccc(S(=O)(=O)N3CCOCC3)cc21)NCC1CCCO1. The van der Waals surface area contributed by atoms with E-state index in [1.54, 1.807) is 12.1 Å². The van der Waals surface area contributed by atoms with Crippen molar-refractivity contribution < 1.29 is 27.5 Å². The molecule has 3 aliphatic heterocycles. The van der Waals surface area contributed by atoms with Crippen LogP contribution in [0.25, 0.3) is 0 Å². The molecule has 11 heteroatoms. The van der Waals surface area contributed by atoms with Crippen LogP contribution in [0.1, 0.15) is 12.8 Å². The number of carbonyl (C=O) groups excluding carboxylic acids is 2. The van der Waals surface area contributed by atoms with Gasteiger partial charge in [0.05, 0.1) is 35.7 Å². The smallest absolute Gasteiger partial charge is 0.243 e. The Balaban J connectivity index is 1.52. The number of anilines is 1. The maximum atomic E-state index is 13.0. The molecular weight excluding hydrogens is 430 g/mol. The summed E-state index contributed by atoms with van der Waals surface area (Å²) >= 11 is 1.34. The van der Waals surface area contributed by atoms with Crippen molar-refractivity contribution in [3.05, 3.63) is 18.2 Å². The number of carbonyl (C=O) groups is 2. The molecule has 164 valence electrons. The second-order valence-electron chi connectivity index (χ2n) is 7.35. The molecule has 4 rings (SSSR count). The van der Waals surface area contributed by atoms with Gasteiger partial charge in [0.1, 0.15) is 6.54 Å². The molecule has 1 aromatic carbocycles. The number of thioether (sulfide) groups is 1. The largest absolute Gasteiger partial charge is 0.379 e. The highest BCUT2D eigenvalue weighted by atomic mass is 32.2. The summed E-state index contributed by atoms with van der Waals surface area (Å²) in [5.41, 5.74) is 0.456. The lowest BCUT2D eigenvalue weighted by atomic mass is 10.2. The van der Waals surface area contributed by atoms with Crippen LogP contribution in [0.4, 0.5) is 5.69 Å². The van der Waals surface area contributed by atoms with Crippen molar-refractivity contribution in [1.29, 1.82) is 0 Å². The summed E-state index contributed by atoms with van der Waals surface area (Å²) in [4.78, 5) is 27.2. The van der Waals surface area contributed by atoms with Gasteiger partial charge in [0.2, 0.25) is 21.8 Å². The molecule has 0 bridgehead atoms. The number of nitrogens with one attached hydrogen (secondary N) is 1. The first-order chi connectivity index (χ1) is 14.4. The van der Waals surface area contributed by atoms with E-state index in [1.807, 2.05) is 0 Å². The highest BCUT2D eigenvalue weighted by molar-refractivity contribution is 8.00. The van der Waals surface area contributed by atoms with E-state index in [1.165, 1.54) is 27.0 Å². The predicted molar refractivity (Wildman–Crippen MR) is 111 cm³/mol. The molecule has 30 heavy (non-hydrogen) atoms. The number of nitrogens with zero attached hydrogens (tertiary/aromatic N) is 2. The molecule has 1 atom stereocenters. The maximum Gasteiger partial charge on any atom is 0.243 e. The van der Waals surface area contributed by atoms with E-state index < -0.39 is 10.0 Å². The van der Waals surface area contributed by atoms with Gasteiger partial charge in [0.15, 0.2) is 0 Å². The van der Waals surface area contributed by atoms with Crippen LogP contribution >= 0.6 is 11.8 Å². The van der Waals surface area contributed by atoms with E-state index in [2.05, 4.69) is 5.32 Å². The quantitative estimate of drug-likeness (QED) is 0.664. The van der Waals surface area contributed by atoms with Crippen LogP contribution < -0.4 is 10.2 Å². The van der Waals surface area contributed by atoms with Crippen molar-refractivity contribution in [2.45, 2.75) is 28.7 Å². The summed E-state index contributed by atoms with van der Waals surface area (Å²) in [6.45, 7) is 2.26. The van der Waals surface area contributed by atoms with E-state index in [-0.39, 0.29) is 35.1 Å². The second kappa shape index (κ2) is 9.23. The summed E-state index contributed by atoms with van der Waals surface area (Å²) in [7, 11) is -3.70. The summed E-state index contributed by atoms with van der Waals surface area (Å²) in [6, 6.07) is 4.76. The van der Waals surface area contributed by atoms with Crippen molar-refractivity contribution in [3.8, 4) is 0 Å². The zero-order valence-electron chi connectivity index (χ0n) is 16.5. The third-order valence-corrected chi connectivity index (χ3v) is 8.28. The third-order valence-electron chi connectivity index (χ3n) is 5.33. The van der Waals surface area contributed by atoms with Crippen LogP contribution in [0.15, 0.2) is 28.0 Å². The lowest BCUT2D eigenvalue weighted by Gasteiger charge is -2.30. The minimum atomic E-state index is -3.70. The van der Waals surface area contributed by atoms with Gasteiger partial charge in [0.25, 0.3) is 0 Å². The molecule has 3 aliphatic rings. The molecular formula is C19H25N3O6S2. The summed E-state index contributed by atoms with van der Waals surface area (Å²) < 4.78 is 38.1. The average molecular weight is 456 g/mol. The molecule has 0 radical (unpaired) electrons. The molecule has 0 saturated carbocycles. The van der Waals surface area contributed by atoms with E-state index in [0.29, 0.717) is 45.1 Å². The van der Waals surface area contributed by atoms with E-state index >= 15 is 0 Å². The van der Waals surface area contributed by atoms with Gasteiger partial charge in [0, 0.05) is 31.1 Å². The summed E-state index contributed by atoms with van der Waals surface area (Å²) in [5.74, 6) is -0.305. The van der Waals surface area contributed by atoms with Crippen molar-refractivity contribution in [1.82, 2.24) is 9.62 Å². The number of ether oxygens (including phenoxy) is 2. The molecule has 2 fully saturated rings. The molecule has 0 aromatic heterocycles. The molecule has 3 heterocycles. The first-order valence-corrected chi connectivity index (χ1v) is 12.4. The molecule has 1 unspecified atom stereocenters. The van der Waals surface area contributed by atoms with Crippen LogP contribution in [0.3, 0.4) is 0 Å². The number of morpholine rings is 1. The van der Waals surface area contributed by atoms with E-state index in [9.17, 15) is 18.0 Å². The van der Waals surface area contributed by atoms with E-state index in [0.717, 1.165) is 17.7 Å². The van der Waals surface area contributed by atoms with Crippen LogP contribution in [0, 0.1) is 0 Å². The number of hydrogen-bond donors (Lipinski definition) is 1. The topological polar surface area (TPSA) is 105 Å². The molecule has 9 nitrogen and oxygen atoms in total. The van der Waals surface area contributed by atoms with Gasteiger partial charge in [-0.1, -0.05) is 0 Å². The zero-order valence-corrected chi connectivity index (χ0v) is 18.2. The number of rotatable bonds is 6. The maximum absolute atomic E-state index is 13.0. The number of benzene rings is 1. The molecule has 2 saturated heterocycles. The Labute approximate surface area is 180 Å². The van der Waals surface area contributed by atoms with Crippen molar-refractivity contribution in [2.75, 3.05) is 56.7 Å². The Bertz CT molecular complexity index is 911. The lowest BCUT2D eigenvalue weighted by Crippen LogP contribution is -2.45. The van der Waals surface area contributed by atoms with Gasteiger partial charge in [-0.05, 0) is 31.0 Å². The molecule has 0 spiro atoms. The summed E-state index contributed by atoms with van der Waals surface area (Å²) in [6.07, 6.45) is 1.90. The molecule has 1 aromatic rings. The van der Waals surface area contributed by atoms with Crippen molar-refractivity contribution >= 4 is 39.3 Å². The van der Waals surface area contributed by atoms with Crippen LogP contribution in [0.2, 0.25) is 0 Å². The Morgan fingerprint density at radius 1 is 1.23 bits per heavy atom. The van der Waals surface area contributed by atoms with Gasteiger partial charge >= 0.3 is 0 Å². The number of sulfonamides is 1. The monoisotopic (exact) mass is 455 g/mol. The molecule has 1 N–H and O–H groups in total. The highest BCUT2D eigenvalue weighted by Gasteiger charge is 2.31. The second-order valence-corrected chi connectivity index (χ2v) is 10.3.